The second kappa shape index (κ2) is 8.51. The van der Waals surface area contributed by atoms with E-state index in [0.717, 1.165) is 32.2 Å². The molecule has 0 aromatic carbocycles. The molecule has 17 heavy (non-hydrogen) atoms. The molecular formula is C14H30N2O. The first-order chi connectivity index (χ1) is 7.99. The zero-order valence-corrected chi connectivity index (χ0v) is 12.2. The number of rotatable bonds is 9. The van der Waals surface area contributed by atoms with Gasteiger partial charge in [0.25, 0.3) is 0 Å². The molecule has 0 saturated carbocycles. The minimum absolute atomic E-state index is 0.0164. The molecule has 1 amide bonds. The van der Waals surface area contributed by atoms with E-state index in [1.807, 2.05) is 0 Å². The van der Waals surface area contributed by atoms with Crippen LogP contribution in [0.2, 0.25) is 0 Å². The Labute approximate surface area is 107 Å². The third-order valence-corrected chi connectivity index (χ3v) is 3.57. The van der Waals surface area contributed by atoms with Gasteiger partial charge in [-0.15, -0.1) is 0 Å². The van der Waals surface area contributed by atoms with Crippen molar-refractivity contribution in [3.05, 3.63) is 0 Å². The molecule has 0 unspecified atom stereocenters. The SMILES string of the molecule is CCC(CC)(CC)NC(=O)CCCNC(C)C. The highest BCUT2D eigenvalue weighted by Crippen LogP contribution is 2.19. The second-order valence-electron chi connectivity index (χ2n) is 5.10. The molecule has 0 radical (unpaired) electrons. The number of amides is 1. The van der Waals surface area contributed by atoms with Gasteiger partial charge in [0, 0.05) is 18.0 Å². The van der Waals surface area contributed by atoms with Gasteiger partial charge in [-0.25, -0.2) is 0 Å². The topological polar surface area (TPSA) is 41.1 Å². The second-order valence-corrected chi connectivity index (χ2v) is 5.10. The normalized spacial score (nSPS) is 11.9. The fourth-order valence-corrected chi connectivity index (χ4v) is 2.01. The van der Waals surface area contributed by atoms with Crippen LogP contribution in [0.15, 0.2) is 0 Å². The average molecular weight is 242 g/mol. The van der Waals surface area contributed by atoms with Crippen molar-refractivity contribution in [3.8, 4) is 0 Å². The van der Waals surface area contributed by atoms with Crippen LogP contribution in [-0.2, 0) is 4.79 Å². The quantitative estimate of drug-likeness (QED) is 0.610. The summed E-state index contributed by atoms with van der Waals surface area (Å²) in [7, 11) is 0. The Morgan fingerprint density at radius 2 is 1.65 bits per heavy atom. The minimum Gasteiger partial charge on any atom is -0.351 e. The van der Waals surface area contributed by atoms with Crippen LogP contribution >= 0.6 is 0 Å². The van der Waals surface area contributed by atoms with Crippen LogP contribution in [-0.4, -0.2) is 24.0 Å². The number of nitrogens with one attached hydrogen (secondary N) is 2. The summed E-state index contributed by atoms with van der Waals surface area (Å²) in [5.74, 6) is 0.195. The molecule has 102 valence electrons. The molecule has 0 saturated heterocycles. The molecule has 0 aromatic rings. The molecule has 0 aliphatic carbocycles. The summed E-state index contributed by atoms with van der Waals surface area (Å²) in [6.45, 7) is 11.6. The lowest BCUT2D eigenvalue weighted by Crippen LogP contribution is -2.47. The van der Waals surface area contributed by atoms with Crippen molar-refractivity contribution in [2.45, 2.75) is 78.3 Å². The largest absolute Gasteiger partial charge is 0.351 e. The highest BCUT2D eigenvalue weighted by Gasteiger charge is 2.25. The molecule has 0 heterocycles. The Bertz CT molecular complexity index is 202. The molecule has 0 atom stereocenters. The Morgan fingerprint density at radius 1 is 1.12 bits per heavy atom. The maximum absolute atomic E-state index is 11.8. The molecule has 3 nitrogen and oxygen atoms in total. The van der Waals surface area contributed by atoms with Gasteiger partial charge in [0.15, 0.2) is 0 Å². The van der Waals surface area contributed by atoms with Crippen LogP contribution in [0.25, 0.3) is 0 Å². The zero-order valence-electron chi connectivity index (χ0n) is 12.2. The van der Waals surface area contributed by atoms with E-state index >= 15 is 0 Å². The number of carbonyl (C=O) groups excluding carboxylic acids is 1. The van der Waals surface area contributed by atoms with Crippen molar-refractivity contribution in [1.29, 1.82) is 0 Å². The summed E-state index contributed by atoms with van der Waals surface area (Å²) in [6.07, 6.45) is 4.57. The first kappa shape index (κ1) is 16.4. The van der Waals surface area contributed by atoms with Gasteiger partial charge in [-0.1, -0.05) is 34.6 Å². The minimum atomic E-state index is 0.0164. The van der Waals surface area contributed by atoms with E-state index in [9.17, 15) is 4.79 Å². The first-order valence-corrected chi connectivity index (χ1v) is 7.04. The van der Waals surface area contributed by atoms with Crippen LogP contribution in [0.3, 0.4) is 0 Å². The summed E-state index contributed by atoms with van der Waals surface area (Å²) in [5, 5.41) is 6.53. The number of carbonyl (C=O) groups is 1. The zero-order chi connectivity index (χ0) is 13.3. The third-order valence-electron chi connectivity index (χ3n) is 3.57. The fourth-order valence-electron chi connectivity index (χ4n) is 2.01. The van der Waals surface area contributed by atoms with Crippen molar-refractivity contribution in [2.24, 2.45) is 0 Å². The Hall–Kier alpha value is -0.570. The molecule has 0 rings (SSSR count). The van der Waals surface area contributed by atoms with Gasteiger partial charge in [0.2, 0.25) is 5.91 Å². The van der Waals surface area contributed by atoms with Gasteiger partial charge in [0.05, 0.1) is 0 Å². The molecule has 0 fully saturated rings. The fraction of sp³-hybridized carbons (Fsp3) is 0.929. The van der Waals surface area contributed by atoms with E-state index in [-0.39, 0.29) is 11.4 Å². The standard InChI is InChI=1S/C14H30N2O/c1-6-14(7-2,8-3)16-13(17)10-9-11-15-12(4)5/h12,15H,6-11H2,1-5H3,(H,16,17). The van der Waals surface area contributed by atoms with Crippen LogP contribution in [0.4, 0.5) is 0 Å². The highest BCUT2D eigenvalue weighted by atomic mass is 16.1. The van der Waals surface area contributed by atoms with Crippen LogP contribution in [0, 0.1) is 0 Å². The molecule has 0 aliphatic rings. The van der Waals surface area contributed by atoms with Crippen LogP contribution in [0.1, 0.15) is 66.7 Å². The molecule has 0 spiro atoms. The van der Waals surface area contributed by atoms with E-state index in [4.69, 9.17) is 0 Å². The van der Waals surface area contributed by atoms with Crippen LogP contribution < -0.4 is 10.6 Å². The van der Waals surface area contributed by atoms with Gasteiger partial charge in [-0.05, 0) is 32.2 Å². The lowest BCUT2D eigenvalue weighted by Gasteiger charge is -2.31. The Kier molecular flexibility index (Phi) is 8.23. The van der Waals surface area contributed by atoms with E-state index in [1.165, 1.54) is 0 Å². The van der Waals surface area contributed by atoms with Gasteiger partial charge in [-0.3, -0.25) is 4.79 Å². The van der Waals surface area contributed by atoms with Crippen LogP contribution in [0.5, 0.6) is 0 Å². The summed E-state index contributed by atoms with van der Waals surface area (Å²) >= 11 is 0. The lowest BCUT2D eigenvalue weighted by atomic mass is 9.89. The van der Waals surface area contributed by atoms with Gasteiger partial charge in [-0.2, -0.15) is 0 Å². The predicted octanol–water partition coefficient (Wildman–Crippen LogP) is 2.85. The molecule has 0 bridgehead atoms. The summed E-state index contributed by atoms with van der Waals surface area (Å²) in [5.41, 5.74) is 0.0164. The molecular weight excluding hydrogens is 212 g/mol. The highest BCUT2D eigenvalue weighted by molar-refractivity contribution is 5.76. The van der Waals surface area contributed by atoms with E-state index < -0.39 is 0 Å². The maximum atomic E-state index is 11.8. The summed E-state index contributed by atoms with van der Waals surface area (Å²) < 4.78 is 0. The molecule has 2 N–H and O–H groups in total. The smallest absolute Gasteiger partial charge is 0.220 e. The van der Waals surface area contributed by atoms with Crippen molar-refractivity contribution in [1.82, 2.24) is 10.6 Å². The number of hydrogen-bond acceptors (Lipinski definition) is 2. The molecule has 0 aliphatic heterocycles. The van der Waals surface area contributed by atoms with E-state index in [0.29, 0.717) is 12.5 Å². The molecule has 3 heteroatoms. The number of hydrogen-bond donors (Lipinski definition) is 2. The maximum Gasteiger partial charge on any atom is 0.220 e. The van der Waals surface area contributed by atoms with E-state index in [2.05, 4.69) is 45.3 Å². The Balaban J connectivity index is 3.91. The lowest BCUT2D eigenvalue weighted by molar-refractivity contribution is -0.123. The first-order valence-electron chi connectivity index (χ1n) is 7.04. The van der Waals surface area contributed by atoms with E-state index in [1.54, 1.807) is 0 Å². The average Bonchev–Trinajstić information content (AvgIpc) is 2.32. The summed E-state index contributed by atoms with van der Waals surface area (Å²) in [6, 6.07) is 0.499. The summed E-state index contributed by atoms with van der Waals surface area (Å²) in [4.78, 5) is 11.8. The third kappa shape index (κ3) is 6.67. The van der Waals surface area contributed by atoms with Crippen molar-refractivity contribution < 1.29 is 4.79 Å². The van der Waals surface area contributed by atoms with Crippen molar-refractivity contribution >= 4 is 5.91 Å². The monoisotopic (exact) mass is 242 g/mol. The van der Waals surface area contributed by atoms with Crippen molar-refractivity contribution in [3.63, 3.8) is 0 Å². The van der Waals surface area contributed by atoms with Gasteiger partial charge < -0.3 is 10.6 Å². The van der Waals surface area contributed by atoms with Gasteiger partial charge >= 0.3 is 0 Å². The Morgan fingerprint density at radius 3 is 2.06 bits per heavy atom. The molecule has 0 aromatic heterocycles. The van der Waals surface area contributed by atoms with Gasteiger partial charge in [0.1, 0.15) is 0 Å². The van der Waals surface area contributed by atoms with Crippen molar-refractivity contribution in [2.75, 3.05) is 6.54 Å². The predicted molar refractivity (Wildman–Crippen MR) is 74.1 cm³/mol.